The molecule has 3 N–H and O–H groups in total. The molecule has 0 saturated heterocycles. The molecule has 3 atom stereocenters. The van der Waals surface area contributed by atoms with Crippen LogP contribution in [0.3, 0.4) is 0 Å². The molecule has 0 radical (unpaired) electrons. The van der Waals surface area contributed by atoms with E-state index in [0.717, 1.165) is 38.5 Å². The number of carbonyl (C=O) groups is 3. The lowest BCUT2D eigenvalue weighted by Gasteiger charge is -2.15. The topological polar surface area (TPSA) is 87.3 Å². The molecule has 0 fully saturated rings. The molecule has 3 amide bonds. The van der Waals surface area contributed by atoms with Crippen molar-refractivity contribution in [2.45, 2.75) is 139 Å². The van der Waals surface area contributed by atoms with E-state index in [1.54, 1.807) is 18.2 Å². The van der Waals surface area contributed by atoms with Crippen molar-refractivity contribution in [1.29, 1.82) is 0 Å². The van der Waals surface area contributed by atoms with Gasteiger partial charge in [-0.25, -0.2) is 0 Å². The molecular weight excluding hydrogens is 558 g/mol. The summed E-state index contributed by atoms with van der Waals surface area (Å²) in [5.74, 6) is 2.99. The number of benzene rings is 1. The highest BCUT2D eigenvalue weighted by Crippen LogP contribution is 2.18. The number of rotatable bonds is 24. The molecule has 1 aromatic rings. The highest BCUT2D eigenvalue weighted by Gasteiger charge is 2.17. The second kappa shape index (κ2) is 23.0. The lowest BCUT2D eigenvalue weighted by Crippen LogP contribution is -2.30. The Labute approximate surface area is 277 Å². The van der Waals surface area contributed by atoms with Gasteiger partial charge in [0.25, 0.3) is 17.7 Å². The van der Waals surface area contributed by atoms with Crippen LogP contribution in [-0.2, 0) is 0 Å². The third kappa shape index (κ3) is 19.7. The monoisotopic (exact) mass is 628 g/mol. The molecule has 6 nitrogen and oxygen atoms in total. The van der Waals surface area contributed by atoms with Crippen LogP contribution < -0.4 is 16.0 Å². The fourth-order valence-electron chi connectivity index (χ4n) is 5.68. The summed E-state index contributed by atoms with van der Waals surface area (Å²) in [6, 6.07) is 4.86. The van der Waals surface area contributed by atoms with Gasteiger partial charge in [-0.15, -0.1) is 0 Å². The van der Waals surface area contributed by atoms with Crippen LogP contribution >= 0.6 is 0 Å². The van der Waals surface area contributed by atoms with Crippen molar-refractivity contribution >= 4 is 17.7 Å². The van der Waals surface area contributed by atoms with Crippen LogP contribution in [0.5, 0.6) is 0 Å². The van der Waals surface area contributed by atoms with Gasteiger partial charge in [0.15, 0.2) is 0 Å². The molecule has 0 bridgehead atoms. The minimum atomic E-state index is -0.245. The largest absolute Gasteiger partial charge is 0.352 e. The first-order chi connectivity index (χ1) is 21.3. The van der Waals surface area contributed by atoms with E-state index >= 15 is 0 Å². The first kappa shape index (κ1) is 40.7. The molecular formula is C39H69N3O3. The van der Waals surface area contributed by atoms with Gasteiger partial charge in [-0.05, 0) is 73.0 Å². The zero-order valence-corrected chi connectivity index (χ0v) is 30.5. The molecule has 1 rings (SSSR count). The van der Waals surface area contributed by atoms with Crippen molar-refractivity contribution < 1.29 is 14.4 Å². The van der Waals surface area contributed by atoms with Crippen LogP contribution in [0.15, 0.2) is 18.2 Å². The molecule has 258 valence electrons. The highest BCUT2D eigenvalue weighted by atomic mass is 16.2. The first-order valence-corrected chi connectivity index (χ1v) is 18.3. The van der Waals surface area contributed by atoms with Gasteiger partial charge >= 0.3 is 0 Å². The van der Waals surface area contributed by atoms with E-state index < -0.39 is 0 Å². The Morgan fingerprint density at radius 2 is 0.667 bits per heavy atom. The summed E-state index contributed by atoms with van der Waals surface area (Å²) in [5, 5.41) is 9.09. The quantitative estimate of drug-likeness (QED) is 0.107. The minimum Gasteiger partial charge on any atom is -0.352 e. The Morgan fingerprint density at radius 1 is 0.422 bits per heavy atom. The highest BCUT2D eigenvalue weighted by molar-refractivity contribution is 6.04. The fraction of sp³-hybridized carbons (Fsp3) is 0.769. The van der Waals surface area contributed by atoms with Gasteiger partial charge in [-0.1, -0.05) is 120 Å². The van der Waals surface area contributed by atoms with Gasteiger partial charge in [0.05, 0.1) is 0 Å². The summed E-state index contributed by atoms with van der Waals surface area (Å²) in [6.45, 7) is 21.9. The molecule has 0 aliphatic carbocycles. The Morgan fingerprint density at radius 3 is 0.889 bits per heavy atom. The van der Waals surface area contributed by atoms with E-state index in [0.29, 0.717) is 71.8 Å². The van der Waals surface area contributed by atoms with E-state index in [1.165, 1.54) is 38.5 Å². The van der Waals surface area contributed by atoms with Crippen LogP contribution in [0.2, 0.25) is 0 Å². The maximum atomic E-state index is 13.2. The van der Waals surface area contributed by atoms with E-state index in [2.05, 4.69) is 78.3 Å². The van der Waals surface area contributed by atoms with Crippen molar-refractivity contribution in [2.75, 3.05) is 19.6 Å². The number of hydrogen-bond donors (Lipinski definition) is 3. The average Bonchev–Trinajstić information content (AvgIpc) is 2.96. The zero-order valence-electron chi connectivity index (χ0n) is 30.5. The summed E-state index contributed by atoms with van der Waals surface area (Å²) in [6.07, 6.45) is 13.5. The molecule has 0 saturated carbocycles. The van der Waals surface area contributed by atoms with Crippen molar-refractivity contribution in [3.63, 3.8) is 0 Å². The summed E-state index contributed by atoms with van der Waals surface area (Å²) in [4.78, 5) is 39.6. The number of carbonyl (C=O) groups excluding carboxylic acids is 3. The van der Waals surface area contributed by atoms with Crippen molar-refractivity contribution in [3.8, 4) is 0 Å². The van der Waals surface area contributed by atoms with Gasteiger partial charge in [0.2, 0.25) is 0 Å². The standard InChI is InChI=1S/C39H69N3O3/c1-28(2)13-10-16-31(7)19-22-40-37(43)34-25-35(38(44)41-23-20-32(8)17-11-14-29(3)4)27-36(26-34)39(45)42-24-21-33(9)18-12-15-30(5)6/h25-33H,10-24H2,1-9H3,(H,40,43)(H,41,44)(H,42,45)/t31-,32-,33-/m0/s1. The second-order valence-corrected chi connectivity index (χ2v) is 15.2. The van der Waals surface area contributed by atoms with E-state index in [-0.39, 0.29) is 17.7 Å². The molecule has 0 aliphatic heterocycles. The zero-order chi connectivity index (χ0) is 33.8. The smallest absolute Gasteiger partial charge is 0.251 e. The van der Waals surface area contributed by atoms with Crippen LogP contribution in [0.1, 0.15) is 170 Å². The molecule has 0 aliphatic rings. The van der Waals surface area contributed by atoms with Crippen LogP contribution in [0.4, 0.5) is 0 Å². The van der Waals surface area contributed by atoms with Gasteiger partial charge in [0, 0.05) is 36.3 Å². The molecule has 45 heavy (non-hydrogen) atoms. The van der Waals surface area contributed by atoms with Crippen LogP contribution in [-0.4, -0.2) is 37.4 Å². The van der Waals surface area contributed by atoms with Gasteiger partial charge < -0.3 is 16.0 Å². The van der Waals surface area contributed by atoms with E-state index in [1.807, 2.05) is 0 Å². The average molecular weight is 628 g/mol. The molecule has 1 aromatic carbocycles. The summed E-state index contributed by atoms with van der Waals surface area (Å²) in [7, 11) is 0. The third-order valence-electron chi connectivity index (χ3n) is 8.92. The van der Waals surface area contributed by atoms with Crippen LogP contribution in [0.25, 0.3) is 0 Å². The minimum absolute atomic E-state index is 0.245. The Kier molecular flexibility index (Phi) is 20.8. The summed E-state index contributed by atoms with van der Waals surface area (Å²) < 4.78 is 0. The van der Waals surface area contributed by atoms with Gasteiger partial charge in [-0.3, -0.25) is 14.4 Å². The first-order valence-electron chi connectivity index (χ1n) is 18.3. The maximum absolute atomic E-state index is 13.2. The molecule has 0 heterocycles. The van der Waals surface area contributed by atoms with Crippen LogP contribution in [0, 0.1) is 35.5 Å². The fourth-order valence-corrected chi connectivity index (χ4v) is 5.68. The normalized spacial score (nSPS) is 13.6. The van der Waals surface area contributed by atoms with E-state index in [4.69, 9.17) is 0 Å². The van der Waals surface area contributed by atoms with Crippen molar-refractivity contribution in [2.24, 2.45) is 35.5 Å². The van der Waals surface area contributed by atoms with E-state index in [9.17, 15) is 14.4 Å². The third-order valence-corrected chi connectivity index (χ3v) is 8.92. The predicted octanol–water partition coefficient (Wildman–Crippen LogP) is 9.43. The Balaban J connectivity index is 2.85. The Hall–Kier alpha value is -2.37. The second-order valence-electron chi connectivity index (χ2n) is 15.2. The van der Waals surface area contributed by atoms with Gasteiger partial charge in [-0.2, -0.15) is 0 Å². The molecule has 0 unspecified atom stereocenters. The molecule has 0 aromatic heterocycles. The van der Waals surface area contributed by atoms with Crippen molar-refractivity contribution in [3.05, 3.63) is 34.9 Å². The number of hydrogen-bond acceptors (Lipinski definition) is 3. The molecule has 6 heteroatoms. The SMILES string of the molecule is CC(C)CCC[C@H](C)CCNC(=O)c1cc(C(=O)NCC[C@@H](C)CCCC(C)C)cc(C(=O)NCC[C@@H](C)CCCC(C)C)c1. The van der Waals surface area contributed by atoms with Crippen molar-refractivity contribution in [1.82, 2.24) is 16.0 Å². The lowest BCUT2D eigenvalue weighted by molar-refractivity contribution is 0.0950. The maximum Gasteiger partial charge on any atom is 0.251 e. The van der Waals surface area contributed by atoms with Gasteiger partial charge in [0.1, 0.15) is 0 Å². The number of nitrogens with one attached hydrogen (secondary N) is 3. The Bertz CT molecular complexity index is 852. The molecule has 0 spiro atoms. The predicted molar refractivity (Wildman–Crippen MR) is 191 cm³/mol. The summed E-state index contributed by atoms with van der Waals surface area (Å²) in [5.41, 5.74) is 1.05. The lowest BCUT2D eigenvalue weighted by atomic mass is 9.97. The number of amides is 3. The summed E-state index contributed by atoms with van der Waals surface area (Å²) >= 11 is 0.